The summed E-state index contributed by atoms with van der Waals surface area (Å²) in [6, 6.07) is 9.20. The Bertz CT molecular complexity index is 390. The first kappa shape index (κ1) is 13.9. The Labute approximate surface area is 116 Å². The van der Waals surface area contributed by atoms with Crippen LogP contribution in [0.25, 0.3) is 0 Å². The molecule has 2 rings (SSSR count). The number of benzene rings is 1. The maximum atomic E-state index is 6.06. The molecule has 1 N–H and O–H groups in total. The highest BCUT2D eigenvalue weighted by atomic mass is 35.5. The van der Waals surface area contributed by atoms with E-state index in [2.05, 4.69) is 38.2 Å². The SMILES string of the molecule is CC(NC1CCCC(C)C1C)c1cccc(Cl)c1. The normalized spacial score (nSPS) is 30.1. The zero-order chi connectivity index (χ0) is 13.1. The van der Waals surface area contributed by atoms with Crippen molar-refractivity contribution in [1.29, 1.82) is 0 Å². The van der Waals surface area contributed by atoms with Crippen molar-refractivity contribution in [1.82, 2.24) is 5.32 Å². The molecule has 0 heterocycles. The van der Waals surface area contributed by atoms with E-state index in [1.54, 1.807) is 0 Å². The second-order valence-electron chi connectivity index (χ2n) is 5.82. The first-order chi connectivity index (χ1) is 8.58. The molecular formula is C16H24ClN. The molecule has 4 atom stereocenters. The van der Waals surface area contributed by atoms with Gasteiger partial charge in [0.05, 0.1) is 0 Å². The summed E-state index contributed by atoms with van der Waals surface area (Å²) in [6.45, 7) is 6.99. The molecule has 18 heavy (non-hydrogen) atoms. The lowest BCUT2D eigenvalue weighted by atomic mass is 9.77. The lowest BCUT2D eigenvalue weighted by Gasteiger charge is -2.36. The fourth-order valence-electron chi connectivity index (χ4n) is 3.01. The van der Waals surface area contributed by atoms with Crippen LogP contribution in [0.1, 0.15) is 51.6 Å². The number of nitrogens with one attached hydrogen (secondary N) is 1. The standard InChI is InChI=1S/C16H24ClN/c1-11-6-4-9-16(12(11)2)18-13(3)14-7-5-8-15(17)10-14/h5,7-8,10-13,16,18H,4,6,9H2,1-3H3. The Hall–Kier alpha value is -0.530. The van der Waals surface area contributed by atoms with Crippen molar-refractivity contribution in [3.05, 3.63) is 34.9 Å². The quantitative estimate of drug-likeness (QED) is 0.827. The maximum absolute atomic E-state index is 6.06. The molecule has 0 aromatic heterocycles. The summed E-state index contributed by atoms with van der Waals surface area (Å²) >= 11 is 6.06. The van der Waals surface area contributed by atoms with Crippen LogP contribution in [0.3, 0.4) is 0 Å². The number of halogens is 1. The summed E-state index contributed by atoms with van der Waals surface area (Å²) in [7, 11) is 0. The van der Waals surface area contributed by atoms with Gasteiger partial charge in [-0.2, -0.15) is 0 Å². The number of rotatable bonds is 3. The van der Waals surface area contributed by atoms with Gasteiger partial charge >= 0.3 is 0 Å². The minimum Gasteiger partial charge on any atom is -0.307 e. The Morgan fingerprint density at radius 1 is 1.28 bits per heavy atom. The van der Waals surface area contributed by atoms with E-state index in [0.29, 0.717) is 12.1 Å². The zero-order valence-electron chi connectivity index (χ0n) is 11.6. The van der Waals surface area contributed by atoms with Crippen LogP contribution in [-0.4, -0.2) is 6.04 Å². The van der Waals surface area contributed by atoms with Gasteiger partial charge in [-0.25, -0.2) is 0 Å². The van der Waals surface area contributed by atoms with Crippen LogP contribution in [0, 0.1) is 11.8 Å². The van der Waals surface area contributed by atoms with Crippen LogP contribution < -0.4 is 5.32 Å². The Morgan fingerprint density at radius 3 is 2.78 bits per heavy atom. The van der Waals surface area contributed by atoms with Crippen LogP contribution in [0.5, 0.6) is 0 Å². The number of hydrogen-bond acceptors (Lipinski definition) is 1. The van der Waals surface area contributed by atoms with E-state index in [0.717, 1.165) is 16.9 Å². The van der Waals surface area contributed by atoms with Gasteiger partial charge in [0.25, 0.3) is 0 Å². The summed E-state index contributed by atoms with van der Waals surface area (Å²) in [5.74, 6) is 1.60. The largest absolute Gasteiger partial charge is 0.307 e. The molecule has 1 saturated carbocycles. The van der Waals surface area contributed by atoms with Crippen molar-refractivity contribution in [2.75, 3.05) is 0 Å². The third-order valence-electron chi connectivity index (χ3n) is 4.52. The molecule has 0 saturated heterocycles. The molecule has 0 radical (unpaired) electrons. The molecule has 0 aliphatic heterocycles. The lowest BCUT2D eigenvalue weighted by Crippen LogP contribution is -2.41. The average molecular weight is 266 g/mol. The van der Waals surface area contributed by atoms with Crippen molar-refractivity contribution in [2.24, 2.45) is 11.8 Å². The van der Waals surface area contributed by atoms with Gasteiger partial charge in [0, 0.05) is 17.1 Å². The van der Waals surface area contributed by atoms with Crippen LogP contribution >= 0.6 is 11.6 Å². The predicted octanol–water partition coefficient (Wildman–Crippen LogP) is 4.82. The van der Waals surface area contributed by atoms with Crippen molar-refractivity contribution >= 4 is 11.6 Å². The summed E-state index contributed by atoms with van der Waals surface area (Å²) in [4.78, 5) is 0. The minimum atomic E-state index is 0.376. The Kier molecular flexibility index (Phi) is 4.69. The maximum Gasteiger partial charge on any atom is 0.0409 e. The summed E-state index contributed by atoms with van der Waals surface area (Å²) in [5, 5.41) is 4.61. The smallest absolute Gasteiger partial charge is 0.0409 e. The van der Waals surface area contributed by atoms with Gasteiger partial charge in [0.2, 0.25) is 0 Å². The predicted molar refractivity (Wildman–Crippen MR) is 79.0 cm³/mol. The molecule has 1 aromatic rings. The third kappa shape index (κ3) is 3.27. The molecule has 0 amide bonds. The second kappa shape index (κ2) is 6.08. The van der Waals surface area contributed by atoms with E-state index in [4.69, 9.17) is 11.6 Å². The summed E-state index contributed by atoms with van der Waals surface area (Å²) in [5.41, 5.74) is 1.29. The van der Waals surface area contributed by atoms with Crippen LogP contribution in [0.4, 0.5) is 0 Å². The Balaban J connectivity index is 2.00. The molecule has 0 spiro atoms. The number of hydrogen-bond donors (Lipinski definition) is 1. The van der Waals surface area contributed by atoms with E-state index in [9.17, 15) is 0 Å². The van der Waals surface area contributed by atoms with Gasteiger partial charge in [-0.1, -0.05) is 50.4 Å². The molecule has 4 unspecified atom stereocenters. The van der Waals surface area contributed by atoms with Gasteiger partial charge in [0.1, 0.15) is 0 Å². The molecule has 1 aromatic carbocycles. The highest BCUT2D eigenvalue weighted by molar-refractivity contribution is 6.30. The average Bonchev–Trinajstić information content (AvgIpc) is 2.35. The van der Waals surface area contributed by atoms with Gasteiger partial charge in [0.15, 0.2) is 0 Å². The van der Waals surface area contributed by atoms with Crippen LogP contribution in [-0.2, 0) is 0 Å². The molecule has 1 aliphatic carbocycles. The zero-order valence-corrected chi connectivity index (χ0v) is 12.4. The third-order valence-corrected chi connectivity index (χ3v) is 4.75. The molecule has 1 fully saturated rings. The van der Waals surface area contributed by atoms with Crippen molar-refractivity contribution in [3.63, 3.8) is 0 Å². The first-order valence-corrected chi connectivity index (χ1v) is 7.47. The van der Waals surface area contributed by atoms with Gasteiger partial charge in [-0.05, 0) is 42.9 Å². The van der Waals surface area contributed by atoms with Gasteiger partial charge < -0.3 is 5.32 Å². The highest BCUT2D eigenvalue weighted by Gasteiger charge is 2.27. The van der Waals surface area contributed by atoms with Crippen LogP contribution in [0.2, 0.25) is 5.02 Å². The monoisotopic (exact) mass is 265 g/mol. The topological polar surface area (TPSA) is 12.0 Å². The summed E-state index contributed by atoms with van der Waals surface area (Å²) in [6.07, 6.45) is 4.03. The molecule has 100 valence electrons. The second-order valence-corrected chi connectivity index (χ2v) is 6.25. The van der Waals surface area contributed by atoms with Crippen molar-refractivity contribution in [3.8, 4) is 0 Å². The molecule has 2 heteroatoms. The molecular weight excluding hydrogens is 242 g/mol. The highest BCUT2D eigenvalue weighted by Crippen LogP contribution is 2.31. The van der Waals surface area contributed by atoms with E-state index in [-0.39, 0.29) is 0 Å². The fourth-order valence-corrected chi connectivity index (χ4v) is 3.21. The van der Waals surface area contributed by atoms with Gasteiger partial charge in [-0.3, -0.25) is 0 Å². The summed E-state index contributed by atoms with van der Waals surface area (Å²) < 4.78 is 0. The molecule has 1 aliphatic rings. The van der Waals surface area contributed by atoms with E-state index in [1.165, 1.54) is 24.8 Å². The minimum absolute atomic E-state index is 0.376. The lowest BCUT2D eigenvalue weighted by molar-refractivity contribution is 0.196. The first-order valence-electron chi connectivity index (χ1n) is 7.09. The molecule has 1 nitrogen and oxygen atoms in total. The fraction of sp³-hybridized carbons (Fsp3) is 0.625. The van der Waals surface area contributed by atoms with Crippen molar-refractivity contribution in [2.45, 2.75) is 52.1 Å². The van der Waals surface area contributed by atoms with Crippen LogP contribution in [0.15, 0.2) is 24.3 Å². The van der Waals surface area contributed by atoms with E-state index in [1.807, 2.05) is 12.1 Å². The molecule has 0 bridgehead atoms. The van der Waals surface area contributed by atoms with E-state index < -0.39 is 0 Å². The Morgan fingerprint density at radius 2 is 2.06 bits per heavy atom. The van der Waals surface area contributed by atoms with Crippen molar-refractivity contribution < 1.29 is 0 Å². The van der Waals surface area contributed by atoms with E-state index >= 15 is 0 Å². The van der Waals surface area contributed by atoms with Gasteiger partial charge in [-0.15, -0.1) is 0 Å².